The number of ether oxygens (including phenoxy) is 1. The van der Waals surface area contributed by atoms with Gasteiger partial charge in [0.1, 0.15) is 17.2 Å². The van der Waals surface area contributed by atoms with E-state index in [1.165, 1.54) is 6.08 Å². The van der Waals surface area contributed by atoms with Crippen LogP contribution >= 0.6 is 11.6 Å². The van der Waals surface area contributed by atoms with Crippen LogP contribution in [-0.4, -0.2) is 69.4 Å². The van der Waals surface area contributed by atoms with Gasteiger partial charge < -0.3 is 25.3 Å². The van der Waals surface area contributed by atoms with Gasteiger partial charge in [0.2, 0.25) is 5.91 Å². The van der Waals surface area contributed by atoms with Gasteiger partial charge in [0, 0.05) is 32.8 Å². The molecule has 0 bridgehead atoms. The van der Waals surface area contributed by atoms with E-state index >= 15 is 0 Å². The van der Waals surface area contributed by atoms with Crippen LogP contribution in [-0.2, 0) is 16.1 Å². The summed E-state index contributed by atoms with van der Waals surface area (Å²) in [5.41, 5.74) is 8.42. The zero-order chi connectivity index (χ0) is 26.9. The van der Waals surface area contributed by atoms with Crippen LogP contribution in [0.4, 0.5) is 5.82 Å². The lowest BCUT2D eigenvalue weighted by Crippen LogP contribution is -2.37. The Morgan fingerprint density at radius 2 is 2.14 bits per heavy atom. The van der Waals surface area contributed by atoms with E-state index in [0.29, 0.717) is 36.0 Å². The molecule has 2 atom stereocenters. The van der Waals surface area contributed by atoms with E-state index in [1.54, 1.807) is 23.7 Å². The minimum absolute atomic E-state index is 0.155. The normalized spacial score (nSPS) is 17.1. The van der Waals surface area contributed by atoms with Crippen LogP contribution in [0.1, 0.15) is 46.8 Å². The number of aromatic nitrogens is 4. The molecule has 0 unspecified atom stereocenters. The van der Waals surface area contributed by atoms with E-state index in [0.717, 1.165) is 23.4 Å². The summed E-state index contributed by atoms with van der Waals surface area (Å²) in [6.45, 7) is 9.11. The van der Waals surface area contributed by atoms with E-state index in [9.17, 15) is 9.59 Å². The van der Waals surface area contributed by atoms with Crippen molar-refractivity contribution < 1.29 is 14.3 Å². The first-order valence-corrected chi connectivity index (χ1v) is 12.3. The molecule has 1 fully saturated rings. The number of rotatable bonds is 7. The molecule has 2 aromatic heterocycles. The number of halogens is 1. The van der Waals surface area contributed by atoms with Crippen LogP contribution < -0.4 is 11.1 Å². The topological polar surface area (TPSA) is 120 Å². The summed E-state index contributed by atoms with van der Waals surface area (Å²) in [6, 6.07) is 3.30. The summed E-state index contributed by atoms with van der Waals surface area (Å²) >= 11 is 6.55. The van der Waals surface area contributed by atoms with E-state index in [2.05, 4.69) is 38.4 Å². The molecule has 0 saturated carbocycles. The molecule has 3 N–H and O–H groups in total. The Labute approximate surface area is 220 Å². The van der Waals surface area contributed by atoms with Crippen molar-refractivity contribution >= 4 is 40.3 Å². The first kappa shape index (κ1) is 26.3. The van der Waals surface area contributed by atoms with Crippen molar-refractivity contribution in [1.82, 2.24) is 24.2 Å². The Hall–Kier alpha value is -3.81. The summed E-state index contributed by atoms with van der Waals surface area (Å²) < 4.78 is 9.07. The highest BCUT2D eigenvalue weighted by Gasteiger charge is 2.37. The van der Waals surface area contributed by atoms with E-state index < -0.39 is 5.91 Å². The monoisotopic (exact) mass is 523 g/mol. The summed E-state index contributed by atoms with van der Waals surface area (Å²) in [6.07, 6.45) is 1.86. The van der Waals surface area contributed by atoms with Gasteiger partial charge in [-0.05, 0) is 44.4 Å². The van der Waals surface area contributed by atoms with Crippen molar-refractivity contribution in [3.63, 3.8) is 0 Å². The molecule has 37 heavy (non-hydrogen) atoms. The Kier molecular flexibility index (Phi) is 7.57. The second kappa shape index (κ2) is 10.7. The fourth-order valence-corrected chi connectivity index (χ4v) is 5.16. The van der Waals surface area contributed by atoms with Gasteiger partial charge in [0.15, 0.2) is 5.69 Å². The van der Waals surface area contributed by atoms with Crippen molar-refractivity contribution in [2.45, 2.75) is 38.9 Å². The number of methoxy groups -OCH3 is 1. The predicted molar refractivity (Wildman–Crippen MR) is 143 cm³/mol. The number of carbonyl (C=O) groups is 2. The largest absolute Gasteiger partial charge is 0.383 e. The van der Waals surface area contributed by atoms with Crippen LogP contribution in [0.3, 0.4) is 0 Å². The second-order valence-electron chi connectivity index (χ2n) is 8.80. The first-order valence-electron chi connectivity index (χ1n) is 11.9. The standard InChI is InChI=1S/C26H30ClN7O3/c1-6-23(35)33-13-17(11-18(33)14-37-5)34-26(29-4)24(25(28)36)20(31-34)9-8-16-10-21-22(12-19(16)27)32(7-2)15(3)30-21/h6,10,12,17-18,29H,1,7,11,13-14H2,2-5H3,(H2,28,36)/t17-,18+/m0/s1. The molecule has 3 aromatic rings. The van der Waals surface area contributed by atoms with Crippen molar-refractivity contribution in [3.05, 3.63) is 52.5 Å². The number of fused-ring (bicyclic) bond motifs is 1. The van der Waals surface area contributed by atoms with E-state index in [-0.39, 0.29) is 29.2 Å². The number of anilines is 1. The summed E-state index contributed by atoms with van der Waals surface area (Å²) in [5.74, 6) is 6.50. The second-order valence-corrected chi connectivity index (χ2v) is 9.21. The number of primary amides is 1. The lowest BCUT2D eigenvalue weighted by atomic mass is 10.1. The number of carbonyl (C=O) groups excluding carboxylic acids is 2. The molecule has 0 aliphatic carbocycles. The minimum Gasteiger partial charge on any atom is -0.383 e. The number of nitrogens with one attached hydrogen (secondary N) is 1. The number of nitrogens with zero attached hydrogens (tertiary/aromatic N) is 5. The average Bonchev–Trinajstić information content (AvgIpc) is 3.54. The molecule has 1 aliphatic rings. The maximum Gasteiger partial charge on any atom is 0.255 e. The average molecular weight is 524 g/mol. The summed E-state index contributed by atoms with van der Waals surface area (Å²) in [5, 5.41) is 8.16. The molecule has 11 heteroatoms. The number of amides is 2. The summed E-state index contributed by atoms with van der Waals surface area (Å²) in [7, 11) is 3.27. The van der Waals surface area contributed by atoms with E-state index in [1.807, 2.05) is 26.0 Å². The number of nitrogens with two attached hydrogens (primary N) is 1. The number of benzene rings is 1. The van der Waals surface area contributed by atoms with Crippen molar-refractivity contribution in [3.8, 4) is 11.8 Å². The Morgan fingerprint density at radius 1 is 1.38 bits per heavy atom. The highest BCUT2D eigenvalue weighted by molar-refractivity contribution is 6.32. The van der Waals surface area contributed by atoms with E-state index in [4.69, 9.17) is 22.1 Å². The fourth-order valence-electron chi connectivity index (χ4n) is 4.95. The van der Waals surface area contributed by atoms with Gasteiger partial charge in [0.05, 0.1) is 34.7 Å². The molecule has 2 amide bonds. The van der Waals surface area contributed by atoms with Crippen LogP contribution in [0, 0.1) is 18.8 Å². The molecule has 1 aromatic carbocycles. The molecule has 194 valence electrons. The smallest absolute Gasteiger partial charge is 0.255 e. The number of imidazole rings is 1. The van der Waals surface area contributed by atoms with Crippen LogP contribution in [0.15, 0.2) is 24.8 Å². The van der Waals surface area contributed by atoms with Gasteiger partial charge in [0.25, 0.3) is 5.91 Å². The number of hydrogen-bond donors (Lipinski definition) is 2. The highest BCUT2D eigenvalue weighted by Crippen LogP contribution is 2.32. The molecule has 1 saturated heterocycles. The number of likely N-dealkylation sites (tertiary alicyclic amines) is 1. The van der Waals surface area contributed by atoms with Gasteiger partial charge in [-0.1, -0.05) is 24.1 Å². The maximum atomic E-state index is 12.5. The lowest BCUT2D eigenvalue weighted by molar-refractivity contribution is -0.127. The zero-order valence-corrected chi connectivity index (χ0v) is 22.1. The third-order valence-corrected chi connectivity index (χ3v) is 6.92. The molecule has 10 nitrogen and oxygen atoms in total. The Balaban J connectivity index is 1.76. The SMILES string of the molecule is C=CC(=O)N1C[C@@H](n2nc(C#Cc3cc4nc(C)n(CC)c4cc3Cl)c(C(N)=O)c2NC)C[C@@H]1COC. The molecular weight excluding hydrogens is 494 g/mol. The summed E-state index contributed by atoms with van der Waals surface area (Å²) in [4.78, 5) is 31.2. The zero-order valence-electron chi connectivity index (χ0n) is 21.3. The third kappa shape index (κ3) is 4.80. The number of hydrogen-bond acceptors (Lipinski definition) is 6. The predicted octanol–water partition coefficient (Wildman–Crippen LogP) is 2.73. The van der Waals surface area contributed by atoms with Crippen LogP contribution in [0.25, 0.3) is 11.0 Å². The Morgan fingerprint density at radius 3 is 2.76 bits per heavy atom. The third-order valence-electron chi connectivity index (χ3n) is 6.61. The van der Waals surface area contributed by atoms with Crippen molar-refractivity contribution in [2.75, 3.05) is 32.6 Å². The van der Waals surface area contributed by atoms with Gasteiger partial charge in [-0.25, -0.2) is 9.67 Å². The van der Waals surface area contributed by atoms with Gasteiger partial charge >= 0.3 is 0 Å². The quantitative estimate of drug-likeness (QED) is 0.363. The fraction of sp³-hybridized carbons (Fsp3) is 0.385. The first-order chi connectivity index (χ1) is 17.7. The van der Waals surface area contributed by atoms with Crippen LogP contribution in [0.2, 0.25) is 5.02 Å². The molecule has 3 heterocycles. The number of aryl methyl sites for hydroxylation is 2. The van der Waals surface area contributed by atoms with Crippen LogP contribution in [0.5, 0.6) is 0 Å². The highest BCUT2D eigenvalue weighted by atomic mass is 35.5. The molecule has 1 aliphatic heterocycles. The Bertz CT molecular complexity index is 1450. The van der Waals surface area contributed by atoms with Gasteiger partial charge in [-0.3, -0.25) is 9.59 Å². The maximum absolute atomic E-state index is 12.5. The molecular formula is C26H30ClN7O3. The molecule has 0 radical (unpaired) electrons. The minimum atomic E-state index is -0.663. The molecule has 4 rings (SSSR count). The van der Waals surface area contributed by atoms with Crippen molar-refractivity contribution in [2.24, 2.45) is 5.73 Å². The molecule has 0 spiro atoms. The lowest BCUT2D eigenvalue weighted by Gasteiger charge is -2.22. The van der Waals surface area contributed by atoms with Gasteiger partial charge in [-0.2, -0.15) is 5.10 Å². The van der Waals surface area contributed by atoms with Crippen molar-refractivity contribution in [1.29, 1.82) is 0 Å². The van der Waals surface area contributed by atoms with Gasteiger partial charge in [-0.15, -0.1) is 0 Å².